The molecule has 0 heterocycles. The molecule has 0 unspecified atom stereocenters. The second kappa shape index (κ2) is 6.03. The van der Waals surface area contributed by atoms with E-state index in [1.165, 1.54) is 6.07 Å². The van der Waals surface area contributed by atoms with Crippen molar-refractivity contribution >= 4 is 48.9 Å². The third-order valence-corrected chi connectivity index (χ3v) is 3.67. The number of benzene rings is 2. The first-order valence-electron chi connectivity index (χ1n) is 5.42. The van der Waals surface area contributed by atoms with Gasteiger partial charge in [-0.05, 0) is 46.3 Å². The second-order valence-electron chi connectivity index (χ2n) is 3.85. The Hall–Kier alpha value is -1.91. The van der Waals surface area contributed by atoms with Crippen LogP contribution in [0.1, 0.15) is 5.56 Å². The molecule has 1 N–H and O–H groups in total. The summed E-state index contributed by atoms with van der Waals surface area (Å²) in [7, 11) is 0. The molecule has 0 bridgehead atoms. The van der Waals surface area contributed by atoms with Crippen molar-refractivity contribution in [3.8, 4) is 6.07 Å². The first-order valence-corrected chi connectivity index (χ1v) is 7.00. The van der Waals surface area contributed by atoms with E-state index < -0.39 is 4.92 Å². The second-order valence-corrected chi connectivity index (χ2v) is 5.62. The highest BCUT2D eigenvalue weighted by molar-refractivity contribution is 9.10. The van der Waals surface area contributed by atoms with Gasteiger partial charge in [-0.3, -0.25) is 10.1 Å². The van der Waals surface area contributed by atoms with Crippen LogP contribution in [-0.4, -0.2) is 4.92 Å². The Morgan fingerprint density at radius 2 is 1.85 bits per heavy atom. The summed E-state index contributed by atoms with van der Waals surface area (Å²) in [4.78, 5) is 10.6. The number of nitro groups is 1. The van der Waals surface area contributed by atoms with Crippen molar-refractivity contribution in [2.24, 2.45) is 0 Å². The van der Waals surface area contributed by atoms with Crippen molar-refractivity contribution in [3.63, 3.8) is 0 Å². The fraction of sp³-hybridized carbons (Fsp3) is 0. The maximum Gasteiger partial charge on any atom is 0.293 e. The van der Waals surface area contributed by atoms with Gasteiger partial charge in [0.1, 0.15) is 5.69 Å². The van der Waals surface area contributed by atoms with Gasteiger partial charge in [0.05, 0.1) is 22.2 Å². The Labute approximate surface area is 131 Å². The van der Waals surface area contributed by atoms with Gasteiger partial charge in [-0.2, -0.15) is 5.26 Å². The minimum absolute atomic E-state index is 0.0318. The Balaban J connectivity index is 2.40. The van der Waals surface area contributed by atoms with Crippen molar-refractivity contribution in [2.45, 2.75) is 0 Å². The predicted octanol–water partition coefficient (Wildman–Crippen LogP) is 4.74. The SMILES string of the molecule is N#Cc1ccc(Nc2ccc(Br)cc2[N+](=O)[O-])c(Br)c1. The number of anilines is 2. The number of hydrogen-bond donors (Lipinski definition) is 1. The molecule has 0 atom stereocenters. The number of nitro benzene ring substituents is 1. The number of halogens is 2. The minimum atomic E-state index is -0.454. The van der Waals surface area contributed by atoms with E-state index in [2.05, 4.69) is 37.2 Å². The highest BCUT2D eigenvalue weighted by atomic mass is 79.9. The highest BCUT2D eigenvalue weighted by Gasteiger charge is 2.15. The molecule has 0 aliphatic carbocycles. The van der Waals surface area contributed by atoms with E-state index in [0.717, 1.165) is 0 Å². The molecule has 2 rings (SSSR count). The Bertz CT molecular complexity index is 726. The molecule has 0 fully saturated rings. The van der Waals surface area contributed by atoms with Crippen LogP contribution in [0.5, 0.6) is 0 Å². The normalized spacial score (nSPS) is 9.85. The van der Waals surface area contributed by atoms with E-state index in [4.69, 9.17) is 5.26 Å². The van der Waals surface area contributed by atoms with Crippen LogP contribution in [0, 0.1) is 21.4 Å². The van der Waals surface area contributed by atoms with Gasteiger partial charge in [-0.15, -0.1) is 0 Å². The maximum atomic E-state index is 11.0. The van der Waals surface area contributed by atoms with Gasteiger partial charge in [0, 0.05) is 15.0 Å². The smallest absolute Gasteiger partial charge is 0.293 e. The topological polar surface area (TPSA) is 79.0 Å². The van der Waals surface area contributed by atoms with Crippen LogP contribution in [0.4, 0.5) is 17.1 Å². The van der Waals surface area contributed by atoms with E-state index in [1.54, 1.807) is 30.3 Å². The molecule has 2 aromatic carbocycles. The average Bonchev–Trinajstić information content (AvgIpc) is 2.42. The number of rotatable bonds is 3. The summed E-state index contributed by atoms with van der Waals surface area (Å²) in [6.45, 7) is 0. The van der Waals surface area contributed by atoms with Crippen molar-refractivity contribution < 1.29 is 4.92 Å². The van der Waals surface area contributed by atoms with Gasteiger partial charge in [-0.25, -0.2) is 0 Å². The first-order chi connectivity index (χ1) is 9.51. The molecule has 0 amide bonds. The summed E-state index contributed by atoms with van der Waals surface area (Å²) < 4.78 is 1.29. The fourth-order valence-electron chi connectivity index (χ4n) is 1.59. The average molecular weight is 397 g/mol. The standard InChI is InChI=1S/C13H7Br2N3O2/c14-9-2-4-12(13(6-9)18(19)20)17-11-3-1-8(7-16)5-10(11)15/h1-6,17H. The van der Waals surface area contributed by atoms with Gasteiger partial charge in [-0.1, -0.05) is 15.9 Å². The lowest BCUT2D eigenvalue weighted by Gasteiger charge is -2.09. The molecule has 0 saturated heterocycles. The molecule has 5 nitrogen and oxygen atoms in total. The molecule has 0 spiro atoms. The number of hydrogen-bond acceptors (Lipinski definition) is 4. The summed E-state index contributed by atoms with van der Waals surface area (Å²) in [5.74, 6) is 0. The molecule has 20 heavy (non-hydrogen) atoms. The maximum absolute atomic E-state index is 11.0. The molecule has 7 heteroatoms. The molecule has 0 radical (unpaired) electrons. The number of nitrogens with zero attached hydrogens (tertiary/aromatic N) is 2. The summed E-state index contributed by atoms with van der Waals surface area (Å²) >= 11 is 6.53. The van der Waals surface area contributed by atoms with Crippen LogP contribution < -0.4 is 5.32 Å². The van der Waals surface area contributed by atoms with Crippen LogP contribution in [0.2, 0.25) is 0 Å². The Kier molecular flexibility index (Phi) is 4.37. The zero-order valence-electron chi connectivity index (χ0n) is 9.93. The number of nitriles is 1. The summed E-state index contributed by atoms with van der Waals surface area (Å²) in [6, 6.07) is 11.8. The molecular weight excluding hydrogens is 390 g/mol. The quantitative estimate of drug-likeness (QED) is 0.600. The lowest BCUT2D eigenvalue weighted by Crippen LogP contribution is -1.97. The van der Waals surface area contributed by atoms with Crippen LogP contribution in [0.15, 0.2) is 45.3 Å². The van der Waals surface area contributed by atoms with Crippen LogP contribution in [0.25, 0.3) is 0 Å². The van der Waals surface area contributed by atoms with E-state index in [-0.39, 0.29) is 5.69 Å². The number of nitrogens with one attached hydrogen (secondary N) is 1. The van der Waals surface area contributed by atoms with E-state index in [1.807, 2.05) is 6.07 Å². The lowest BCUT2D eigenvalue weighted by atomic mass is 10.2. The van der Waals surface area contributed by atoms with Gasteiger partial charge in [0.2, 0.25) is 0 Å². The first kappa shape index (κ1) is 14.5. The van der Waals surface area contributed by atoms with Crippen molar-refractivity contribution in [2.75, 3.05) is 5.32 Å². The van der Waals surface area contributed by atoms with Crippen molar-refractivity contribution in [1.82, 2.24) is 0 Å². The fourth-order valence-corrected chi connectivity index (χ4v) is 2.42. The summed E-state index contributed by atoms with van der Waals surface area (Å²) in [6.07, 6.45) is 0. The molecule has 100 valence electrons. The minimum Gasteiger partial charge on any atom is -0.349 e. The third kappa shape index (κ3) is 3.15. The molecular formula is C13H7Br2N3O2. The highest BCUT2D eigenvalue weighted by Crippen LogP contribution is 2.33. The van der Waals surface area contributed by atoms with Crippen molar-refractivity contribution in [1.29, 1.82) is 5.26 Å². The molecule has 0 aliphatic rings. The van der Waals surface area contributed by atoms with Gasteiger partial charge in [0.25, 0.3) is 5.69 Å². The van der Waals surface area contributed by atoms with E-state index >= 15 is 0 Å². The van der Waals surface area contributed by atoms with Crippen molar-refractivity contribution in [3.05, 3.63) is 61.0 Å². The van der Waals surface area contributed by atoms with Crippen LogP contribution in [-0.2, 0) is 0 Å². The van der Waals surface area contributed by atoms with Crippen LogP contribution in [0.3, 0.4) is 0 Å². The largest absolute Gasteiger partial charge is 0.349 e. The van der Waals surface area contributed by atoms with Gasteiger partial charge >= 0.3 is 0 Å². The summed E-state index contributed by atoms with van der Waals surface area (Å²) in [5.41, 5.74) is 1.50. The van der Waals surface area contributed by atoms with E-state index in [0.29, 0.717) is 25.9 Å². The summed E-state index contributed by atoms with van der Waals surface area (Å²) in [5, 5.41) is 22.8. The van der Waals surface area contributed by atoms with Gasteiger partial charge in [0.15, 0.2) is 0 Å². The molecule has 0 aromatic heterocycles. The zero-order valence-corrected chi connectivity index (χ0v) is 13.1. The Morgan fingerprint density at radius 3 is 2.45 bits per heavy atom. The predicted molar refractivity (Wildman–Crippen MR) is 82.9 cm³/mol. The monoisotopic (exact) mass is 395 g/mol. The van der Waals surface area contributed by atoms with E-state index in [9.17, 15) is 10.1 Å². The third-order valence-electron chi connectivity index (χ3n) is 2.52. The Morgan fingerprint density at radius 1 is 1.15 bits per heavy atom. The molecule has 0 aliphatic heterocycles. The van der Waals surface area contributed by atoms with Crippen LogP contribution >= 0.6 is 31.9 Å². The van der Waals surface area contributed by atoms with Gasteiger partial charge < -0.3 is 5.32 Å². The molecule has 2 aromatic rings. The molecule has 0 saturated carbocycles. The zero-order chi connectivity index (χ0) is 14.7. The lowest BCUT2D eigenvalue weighted by molar-refractivity contribution is -0.384.